The van der Waals surface area contributed by atoms with Crippen molar-refractivity contribution < 1.29 is 14.3 Å². The number of aryl methyl sites for hydroxylation is 3. The number of hydrogen-bond donors (Lipinski definition) is 0. The predicted molar refractivity (Wildman–Crippen MR) is 143 cm³/mol. The first-order chi connectivity index (χ1) is 16.8. The molecule has 0 N–H and O–H groups in total. The van der Waals surface area contributed by atoms with Gasteiger partial charge in [0.05, 0.1) is 12.8 Å². The van der Waals surface area contributed by atoms with E-state index in [9.17, 15) is 9.59 Å². The molecule has 0 aliphatic heterocycles. The van der Waals surface area contributed by atoms with E-state index in [-0.39, 0.29) is 12.2 Å². The molecule has 35 heavy (non-hydrogen) atoms. The molecule has 6 nitrogen and oxygen atoms in total. The Morgan fingerprint density at radius 2 is 1.77 bits per heavy atom. The molecule has 0 fully saturated rings. The summed E-state index contributed by atoms with van der Waals surface area (Å²) in [4.78, 5) is 36.9. The van der Waals surface area contributed by atoms with E-state index in [4.69, 9.17) is 14.7 Å². The van der Waals surface area contributed by atoms with Crippen molar-refractivity contribution in [3.8, 4) is 16.9 Å². The summed E-state index contributed by atoms with van der Waals surface area (Å²) in [6.45, 7) is 7.52. The van der Waals surface area contributed by atoms with Gasteiger partial charge in [-0.1, -0.05) is 29.8 Å². The third-order valence-corrected chi connectivity index (χ3v) is 6.84. The molecule has 0 aliphatic rings. The van der Waals surface area contributed by atoms with Gasteiger partial charge in [0.25, 0.3) is 0 Å². The summed E-state index contributed by atoms with van der Waals surface area (Å²) < 4.78 is 5.34. The van der Waals surface area contributed by atoms with Crippen LogP contribution in [0.4, 0.5) is 11.4 Å². The van der Waals surface area contributed by atoms with Gasteiger partial charge < -0.3 is 4.74 Å². The third kappa shape index (κ3) is 5.00. The highest BCUT2D eigenvalue weighted by atomic mass is 32.1. The number of methoxy groups -OCH3 is 1. The number of pyridine rings is 1. The second kappa shape index (κ2) is 10.2. The minimum atomic E-state index is 0.0625. The molecule has 0 unspecified atom stereocenters. The quantitative estimate of drug-likeness (QED) is 0.166. The number of fused-ring (bicyclic) bond motifs is 1. The minimum Gasteiger partial charge on any atom is -0.497 e. The Hall–Kier alpha value is -3.84. The molecule has 0 spiro atoms. The summed E-state index contributed by atoms with van der Waals surface area (Å²) >= 11 is 1.55. The molecule has 2 aromatic heterocycles. The van der Waals surface area contributed by atoms with E-state index >= 15 is 0 Å². The van der Waals surface area contributed by atoms with Gasteiger partial charge >= 0.3 is 0 Å². The average molecular weight is 486 g/mol. The van der Waals surface area contributed by atoms with E-state index in [0.717, 1.165) is 66.6 Å². The largest absolute Gasteiger partial charge is 0.497 e. The second-order valence-electron chi connectivity index (χ2n) is 8.44. The van der Waals surface area contributed by atoms with Crippen molar-refractivity contribution in [3.63, 3.8) is 0 Å². The Morgan fingerprint density at radius 3 is 2.37 bits per heavy atom. The topological polar surface area (TPSA) is 71.9 Å². The van der Waals surface area contributed by atoms with E-state index in [1.165, 1.54) is 11.2 Å². The first-order valence-corrected chi connectivity index (χ1v) is 12.0. The number of thiophene rings is 1. The molecule has 0 atom stereocenters. The van der Waals surface area contributed by atoms with Crippen molar-refractivity contribution in [2.45, 2.75) is 34.1 Å². The number of aliphatic imine (C=N–C) groups is 1. The number of benzene rings is 2. The molecule has 7 heteroatoms. The number of hydrogen-bond acceptors (Lipinski definition) is 6. The number of Topliss-reactive ketones (excluding diaryl/α,β-unsaturated/α-hetero) is 1. The fraction of sp³-hybridized carbons (Fsp3) is 0.214. The van der Waals surface area contributed by atoms with Gasteiger partial charge in [-0.3, -0.25) is 14.5 Å². The van der Waals surface area contributed by atoms with E-state index in [1.54, 1.807) is 25.4 Å². The summed E-state index contributed by atoms with van der Waals surface area (Å²) in [6, 6.07) is 15.5. The third-order valence-electron chi connectivity index (χ3n) is 5.85. The number of aromatic nitrogens is 1. The number of amides is 1. The Bertz CT molecular complexity index is 1420. The molecular weight excluding hydrogens is 458 g/mol. The highest BCUT2D eigenvalue weighted by molar-refractivity contribution is 7.19. The van der Waals surface area contributed by atoms with Crippen molar-refractivity contribution in [1.29, 1.82) is 0 Å². The zero-order valence-corrected chi connectivity index (χ0v) is 21.3. The second-order valence-corrected chi connectivity index (χ2v) is 9.64. The Balaban J connectivity index is 1.93. The normalized spacial score (nSPS) is 11.2. The maximum absolute atomic E-state index is 12.2. The molecule has 0 saturated heterocycles. The van der Waals surface area contributed by atoms with E-state index in [1.807, 2.05) is 69.3 Å². The average Bonchev–Trinajstić information content (AvgIpc) is 3.15. The highest BCUT2D eigenvalue weighted by Gasteiger charge is 2.21. The highest BCUT2D eigenvalue weighted by Crippen LogP contribution is 2.45. The smallest absolute Gasteiger partial charge is 0.219 e. The van der Waals surface area contributed by atoms with Crippen molar-refractivity contribution >= 4 is 51.5 Å². The van der Waals surface area contributed by atoms with Crippen LogP contribution in [0.2, 0.25) is 0 Å². The molecule has 4 aromatic rings. The van der Waals surface area contributed by atoms with E-state index in [2.05, 4.69) is 0 Å². The van der Waals surface area contributed by atoms with E-state index < -0.39 is 0 Å². The number of anilines is 1. The fourth-order valence-electron chi connectivity index (χ4n) is 4.07. The van der Waals surface area contributed by atoms with Crippen LogP contribution in [0.15, 0.2) is 53.5 Å². The Morgan fingerprint density at radius 1 is 1.09 bits per heavy atom. The van der Waals surface area contributed by atoms with Gasteiger partial charge in [0.15, 0.2) is 0 Å². The van der Waals surface area contributed by atoms with Crippen molar-refractivity contribution in [1.82, 2.24) is 4.98 Å². The lowest BCUT2D eigenvalue weighted by atomic mass is 9.92. The lowest BCUT2D eigenvalue weighted by Gasteiger charge is -2.15. The molecule has 1 amide bonds. The summed E-state index contributed by atoms with van der Waals surface area (Å²) in [7, 11) is 1.63. The fourth-order valence-corrected chi connectivity index (χ4v) is 5.09. The molecular formula is C28H27N3O3S. The van der Waals surface area contributed by atoms with Crippen LogP contribution in [0.1, 0.15) is 28.6 Å². The summed E-state index contributed by atoms with van der Waals surface area (Å²) in [5.74, 6) is 0.816. The maximum atomic E-state index is 12.2. The monoisotopic (exact) mass is 485 g/mol. The van der Waals surface area contributed by atoms with Crippen molar-refractivity contribution in [2.75, 3.05) is 12.0 Å². The molecule has 0 radical (unpaired) electrons. The van der Waals surface area contributed by atoms with Crippen LogP contribution in [0.5, 0.6) is 5.75 Å². The first-order valence-electron chi connectivity index (χ1n) is 11.2. The lowest BCUT2D eigenvalue weighted by molar-refractivity contribution is -0.116. The molecule has 2 heterocycles. The van der Waals surface area contributed by atoms with Crippen LogP contribution in [0, 0.1) is 20.8 Å². The maximum Gasteiger partial charge on any atom is 0.219 e. The number of ether oxygens (including phenoxy) is 1. The minimum absolute atomic E-state index is 0.0625. The van der Waals surface area contributed by atoms with Crippen molar-refractivity contribution in [3.05, 3.63) is 70.2 Å². The summed E-state index contributed by atoms with van der Waals surface area (Å²) in [6.07, 6.45) is 2.55. The van der Waals surface area contributed by atoms with Crippen LogP contribution in [-0.2, 0) is 16.0 Å². The Labute approximate surface area is 208 Å². The van der Waals surface area contributed by atoms with Crippen LogP contribution in [0.25, 0.3) is 21.3 Å². The molecule has 0 saturated carbocycles. The van der Waals surface area contributed by atoms with Gasteiger partial charge in [0.1, 0.15) is 22.7 Å². The van der Waals surface area contributed by atoms with Crippen LogP contribution >= 0.6 is 11.3 Å². The molecule has 178 valence electrons. The summed E-state index contributed by atoms with van der Waals surface area (Å²) in [5.41, 5.74) is 6.19. The van der Waals surface area contributed by atoms with Crippen LogP contribution < -0.4 is 9.64 Å². The van der Waals surface area contributed by atoms with E-state index in [0.29, 0.717) is 0 Å². The van der Waals surface area contributed by atoms with Gasteiger partial charge in [-0.05, 0) is 68.7 Å². The number of carbonyl (C=O) groups is 2. The van der Waals surface area contributed by atoms with Gasteiger partial charge in [0, 0.05) is 28.1 Å². The summed E-state index contributed by atoms with van der Waals surface area (Å²) in [5, 5.41) is 0.880. The molecule has 4 rings (SSSR count). The van der Waals surface area contributed by atoms with Gasteiger partial charge in [-0.25, -0.2) is 9.98 Å². The van der Waals surface area contributed by atoms with Crippen LogP contribution in [0.3, 0.4) is 0 Å². The SMILES string of the molecule is COc1ccc(-c2c(CC(C)=O)c(C)nc3sc(C)c(N=CN(C=O)c4ccc(C)cc4)c23)cc1. The van der Waals surface area contributed by atoms with Crippen LogP contribution in [-0.4, -0.2) is 30.6 Å². The number of nitrogens with zero attached hydrogens (tertiary/aromatic N) is 3. The van der Waals surface area contributed by atoms with Gasteiger partial charge in [-0.2, -0.15) is 0 Å². The first kappa shape index (κ1) is 24.3. The molecule has 0 bridgehead atoms. The standard InChI is InChI=1S/C28H27N3O3S/c1-17-6-10-22(11-7-17)31(16-32)15-29-27-20(4)35-28-26(27)25(21-8-12-23(34-5)13-9-21)24(14-18(2)33)19(3)30-28/h6-13,15-16H,14H2,1-5H3. The Kier molecular flexibility index (Phi) is 7.07. The van der Waals surface area contributed by atoms with Gasteiger partial charge in [0.2, 0.25) is 6.41 Å². The van der Waals surface area contributed by atoms with Gasteiger partial charge in [-0.15, -0.1) is 11.3 Å². The zero-order valence-electron chi connectivity index (χ0n) is 20.5. The molecule has 0 aliphatic carbocycles. The number of carbonyl (C=O) groups excluding carboxylic acids is 2. The number of ketones is 1. The van der Waals surface area contributed by atoms with Crippen molar-refractivity contribution in [2.24, 2.45) is 4.99 Å². The predicted octanol–water partition coefficient (Wildman–Crippen LogP) is 6.35. The zero-order chi connectivity index (χ0) is 25.1. The molecule has 2 aromatic carbocycles. The lowest BCUT2D eigenvalue weighted by Crippen LogP contribution is -2.18. The number of rotatable bonds is 8.